The van der Waals surface area contributed by atoms with Gasteiger partial charge in [-0.05, 0) is 13.3 Å². The van der Waals surface area contributed by atoms with Gasteiger partial charge in [0.15, 0.2) is 6.61 Å². The smallest absolute Gasteiger partial charge is 0.262 e. The highest BCUT2D eigenvalue weighted by Crippen LogP contribution is 2.36. The van der Waals surface area contributed by atoms with Gasteiger partial charge in [0.1, 0.15) is 11.5 Å². The second-order valence-electron chi connectivity index (χ2n) is 4.06. The van der Waals surface area contributed by atoms with Crippen LogP contribution in [0.15, 0.2) is 12.1 Å². The van der Waals surface area contributed by atoms with Crippen molar-refractivity contribution in [2.45, 2.75) is 26.4 Å². The molecule has 17 heavy (non-hydrogen) atoms. The second kappa shape index (κ2) is 4.53. The average molecular weight is 236 g/mol. The van der Waals surface area contributed by atoms with Gasteiger partial charge in [0, 0.05) is 12.1 Å². The summed E-state index contributed by atoms with van der Waals surface area (Å²) in [7, 11) is 0. The molecule has 0 saturated carbocycles. The van der Waals surface area contributed by atoms with Crippen molar-refractivity contribution in [1.29, 1.82) is 0 Å². The molecule has 1 aromatic rings. The molecule has 2 rings (SSSR count). The molecule has 0 radical (unpaired) electrons. The van der Waals surface area contributed by atoms with Gasteiger partial charge in [0.05, 0.1) is 17.5 Å². The van der Waals surface area contributed by atoms with Gasteiger partial charge in [-0.1, -0.05) is 6.92 Å². The number of anilines is 2. The van der Waals surface area contributed by atoms with Crippen molar-refractivity contribution in [2.24, 2.45) is 0 Å². The lowest BCUT2D eigenvalue weighted by Crippen LogP contribution is -2.25. The number of nitrogens with one attached hydrogen (secondary N) is 1. The highest BCUT2D eigenvalue weighted by molar-refractivity contribution is 5.96. The normalized spacial score (nSPS) is 15.5. The van der Waals surface area contributed by atoms with Gasteiger partial charge in [0.2, 0.25) is 0 Å². The van der Waals surface area contributed by atoms with Crippen LogP contribution >= 0.6 is 0 Å². The predicted molar refractivity (Wildman–Crippen MR) is 65.4 cm³/mol. The monoisotopic (exact) mass is 236 g/mol. The van der Waals surface area contributed by atoms with Crippen molar-refractivity contribution >= 4 is 17.3 Å². The Balaban J connectivity index is 2.29. The lowest BCUT2D eigenvalue weighted by atomic mass is 10.2. The second-order valence-corrected chi connectivity index (χ2v) is 4.06. The molecule has 1 aromatic carbocycles. The lowest BCUT2D eigenvalue weighted by molar-refractivity contribution is -0.118. The maximum atomic E-state index is 11.2. The number of hydrogen-bond acceptors (Lipinski definition) is 4. The molecule has 1 heterocycles. The number of benzene rings is 1. The molecule has 0 bridgehead atoms. The number of nitrogen functional groups attached to an aromatic ring is 1. The van der Waals surface area contributed by atoms with Gasteiger partial charge in [-0.25, -0.2) is 0 Å². The number of nitrogens with two attached hydrogens (primary N) is 1. The number of rotatable bonds is 3. The van der Waals surface area contributed by atoms with E-state index in [4.69, 9.17) is 15.2 Å². The Morgan fingerprint density at radius 2 is 2.35 bits per heavy atom. The van der Waals surface area contributed by atoms with Crippen LogP contribution in [-0.4, -0.2) is 18.6 Å². The maximum absolute atomic E-state index is 11.2. The van der Waals surface area contributed by atoms with Crippen LogP contribution in [0.5, 0.6) is 11.5 Å². The standard InChI is InChI=1S/C12H16N2O3/c1-3-7(2)17-10-5-9-11(4-8(10)13)16-6-12(15)14-9/h4-5,7H,3,6,13H2,1-2H3,(H,14,15). The van der Waals surface area contributed by atoms with E-state index in [1.165, 1.54) is 0 Å². The van der Waals surface area contributed by atoms with E-state index in [-0.39, 0.29) is 18.6 Å². The summed E-state index contributed by atoms with van der Waals surface area (Å²) < 4.78 is 10.9. The molecule has 92 valence electrons. The summed E-state index contributed by atoms with van der Waals surface area (Å²) in [5.74, 6) is 0.985. The zero-order valence-corrected chi connectivity index (χ0v) is 9.95. The number of fused-ring (bicyclic) bond motifs is 1. The van der Waals surface area contributed by atoms with Crippen molar-refractivity contribution in [3.05, 3.63) is 12.1 Å². The van der Waals surface area contributed by atoms with E-state index in [1.807, 2.05) is 13.8 Å². The van der Waals surface area contributed by atoms with Gasteiger partial charge in [-0.15, -0.1) is 0 Å². The van der Waals surface area contributed by atoms with Crippen molar-refractivity contribution in [3.63, 3.8) is 0 Å². The minimum Gasteiger partial charge on any atom is -0.488 e. The molecule has 5 heteroatoms. The Kier molecular flexibility index (Phi) is 3.08. The Morgan fingerprint density at radius 3 is 3.06 bits per heavy atom. The Labute approximate surface area is 99.9 Å². The van der Waals surface area contributed by atoms with E-state index in [2.05, 4.69) is 5.32 Å². The maximum Gasteiger partial charge on any atom is 0.262 e. The summed E-state index contributed by atoms with van der Waals surface area (Å²) in [6.07, 6.45) is 0.968. The van der Waals surface area contributed by atoms with E-state index < -0.39 is 0 Å². The molecule has 0 spiro atoms. The Hall–Kier alpha value is -1.91. The molecule has 1 amide bonds. The first kappa shape index (κ1) is 11.6. The van der Waals surface area contributed by atoms with E-state index in [1.54, 1.807) is 12.1 Å². The van der Waals surface area contributed by atoms with Crippen LogP contribution in [0.2, 0.25) is 0 Å². The van der Waals surface area contributed by atoms with Crippen molar-refractivity contribution in [3.8, 4) is 11.5 Å². The zero-order valence-electron chi connectivity index (χ0n) is 9.95. The minimum absolute atomic E-state index is 0.0258. The van der Waals surface area contributed by atoms with Crippen LogP contribution in [0.25, 0.3) is 0 Å². The Morgan fingerprint density at radius 1 is 1.59 bits per heavy atom. The quantitative estimate of drug-likeness (QED) is 0.784. The third kappa shape index (κ3) is 2.43. The van der Waals surface area contributed by atoms with Gasteiger partial charge in [-0.2, -0.15) is 0 Å². The van der Waals surface area contributed by atoms with Gasteiger partial charge < -0.3 is 20.5 Å². The van der Waals surface area contributed by atoms with E-state index in [0.29, 0.717) is 22.9 Å². The molecular weight excluding hydrogens is 220 g/mol. The van der Waals surface area contributed by atoms with Crippen LogP contribution in [0, 0.1) is 0 Å². The van der Waals surface area contributed by atoms with Gasteiger partial charge in [-0.3, -0.25) is 4.79 Å². The fourth-order valence-corrected chi connectivity index (χ4v) is 1.52. The third-order valence-corrected chi connectivity index (χ3v) is 2.65. The number of carbonyl (C=O) groups excluding carboxylic acids is 1. The molecule has 0 fully saturated rings. The van der Waals surface area contributed by atoms with Gasteiger partial charge >= 0.3 is 0 Å². The van der Waals surface area contributed by atoms with Crippen LogP contribution < -0.4 is 20.5 Å². The largest absolute Gasteiger partial charge is 0.488 e. The third-order valence-electron chi connectivity index (χ3n) is 2.65. The molecule has 1 aliphatic heterocycles. The molecule has 1 aliphatic rings. The molecule has 5 nitrogen and oxygen atoms in total. The molecular formula is C12H16N2O3. The lowest BCUT2D eigenvalue weighted by Gasteiger charge is -2.21. The summed E-state index contributed by atoms with van der Waals surface area (Å²) in [6.45, 7) is 4.02. The number of carbonyl (C=O) groups is 1. The highest BCUT2D eigenvalue weighted by atomic mass is 16.5. The van der Waals surface area contributed by atoms with Crippen LogP contribution in [-0.2, 0) is 4.79 Å². The summed E-state index contributed by atoms with van der Waals surface area (Å²) in [4.78, 5) is 11.2. The summed E-state index contributed by atoms with van der Waals surface area (Å²) in [6, 6.07) is 3.38. The van der Waals surface area contributed by atoms with Gasteiger partial charge in [0.25, 0.3) is 5.91 Å². The molecule has 1 unspecified atom stereocenters. The summed E-state index contributed by atoms with van der Waals surface area (Å²) in [5, 5.41) is 2.72. The number of amides is 1. The SMILES string of the molecule is CCC(C)Oc1cc2c(cc1N)OCC(=O)N2. The predicted octanol–water partition coefficient (Wildman–Crippen LogP) is 1.78. The highest BCUT2D eigenvalue weighted by Gasteiger charge is 2.18. The molecule has 0 aromatic heterocycles. The molecule has 1 atom stereocenters. The first-order valence-corrected chi connectivity index (χ1v) is 5.63. The van der Waals surface area contributed by atoms with Crippen molar-refractivity contribution < 1.29 is 14.3 Å². The first-order chi connectivity index (χ1) is 8.10. The zero-order chi connectivity index (χ0) is 12.4. The average Bonchev–Trinajstić information content (AvgIpc) is 2.30. The summed E-state index contributed by atoms with van der Waals surface area (Å²) in [5.41, 5.74) is 6.98. The fourth-order valence-electron chi connectivity index (χ4n) is 1.52. The van der Waals surface area contributed by atoms with E-state index in [9.17, 15) is 4.79 Å². The van der Waals surface area contributed by atoms with Crippen molar-refractivity contribution in [1.82, 2.24) is 0 Å². The van der Waals surface area contributed by atoms with Crippen LogP contribution in [0.3, 0.4) is 0 Å². The molecule has 3 N–H and O–H groups in total. The number of ether oxygens (including phenoxy) is 2. The fraction of sp³-hybridized carbons (Fsp3) is 0.417. The molecule has 0 aliphatic carbocycles. The minimum atomic E-state index is -0.170. The van der Waals surface area contributed by atoms with Crippen molar-refractivity contribution in [2.75, 3.05) is 17.7 Å². The van der Waals surface area contributed by atoms with E-state index >= 15 is 0 Å². The summed E-state index contributed by atoms with van der Waals surface area (Å²) >= 11 is 0. The number of hydrogen-bond donors (Lipinski definition) is 2. The first-order valence-electron chi connectivity index (χ1n) is 5.63. The van der Waals surface area contributed by atoms with E-state index in [0.717, 1.165) is 6.42 Å². The topological polar surface area (TPSA) is 73.6 Å². The Bertz CT molecular complexity index is 446. The van der Waals surface area contributed by atoms with Crippen LogP contribution in [0.1, 0.15) is 20.3 Å². The molecule has 0 saturated heterocycles. The van der Waals surface area contributed by atoms with Crippen LogP contribution in [0.4, 0.5) is 11.4 Å².